The molecule has 0 heterocycles. The fourth-order valence-corrected chi connectivity index (χ4v) is 0.810. The third kappa shape index (κ3) is 2.08. The van der Waals surface area contributed by atoms with E-state index in [2.05, 4.69) is 11.4 Å². The van der Waals surface area contributed by atoms with Gasteiger partial charge in [-0.15, -0.1) is 6.42 Å². The van der Waals surface area contributed by atoms with Gasteiger partial charge < -0.3 is 5.21 Å². The van der Waals surface area contributed by atoms with Crippen molar-refractivity contribution in [2.45, 2.75) is 6.54 Å². The molecule has 0 amide bonds. The van der Waals surface area contributed by atoms with Crippen LogP contribution in [0.1, 0.15) is 11.1 Å². The number of hydroxylamine groups is 1. The van der Waals surface area contributed by atoms with E-state index in [9.17, 15) is 0 Å². The van der Waals surface area contributed by atoms with Crippen molar-refractivity contribution in [3.05, 3.63) is 35.4 Å². The van der Waals surface area contributed by atoms with E-state index in [4.69, 9.17) is 11.6 Å². The Bertz CT molecular complexity index is 258. The molecule has 0 aliphatic rings. The van der Waals surface area contributed by atoms with Crippen molar-refractivity contribution in [2.75, 3.05) is 0 Å². The lowest BCUT2D eigenvalue weighted by Crippen LogP contribution is -2.05. The second-order valence-electron chi connectivity index (χ2n) is 2.18. The van der Waals surface area contributed by atoms with E-state index in [1.54, 1.807) is 0 Å². The van der Waals surface area contributed by atoms with Crippen LogP contribution in [0, 0.1) is 12.3 Å². The summed E-state index contributed by atoms with van der Waals surface area (Å²) in [5.74, 6) is 2.51. The first-order valence-electron chi connectivity index (χ1n) is 3.29. The molecular formula is C9H9NO. The second kappa shape index (κ2) is 3.77. The van der Waals surface area contributed by atoms with Gasteiger partial charge in [-0.25, -0.2) is 5.48 Å². The molecule has 1 aromatic carbocycles. The van der Waals surface area contributed by atoms with Crippen LogP contribution in [0.2, 0.25) is 0 Å². The number of rotatable bonds is 2. The zero-order valence-corrected chi connectivity index (χ0v) is 6.04. The molecule has 0 spiro atoms. The summed E-state index contributed by atoms with van der Waals surface area (Å²) in [5.41, 5.74) is 3.93. The maximum atomic E-state index is 8.36. The Labute approximate surface area is 65.8 Å². The molecule has 0 bridgehead atoms. The number of nitrogens with one attached hydrogen (secondary N) is 1. The Hall–Kier alpha value is -1.30. The predicted molar refractivity (Wildman–Crippen MR) is 43.0 cm³/mol. The fraction of sp³-hybridized carbons (Fsp3) is 0.111. The monoisotopic (exact) mass is 147 g/mol. The maximum Gasteiger partial charge on any atom is 0.0458 e. The third-order valence-corrected chi connectivity index (χ3v) is 1.40. The second-order valence-corrected chi connectivity index (χ2v) is 2.18. The number of benzene rings is 1. The molecule has 2 heteroatoms. The lowest BCUT2D eigenvalue weighted by molar-refractivity contribution is 0.161. The molecule has 1 aromatic rings. The third-order valence-electron chi connectivity index (χ3n) is 1.40. The summed E-state index contributed by atoms with van der Waals surface area (Å²) in [4.78, 5) is 0. The van der Waals surface area contributed by atoms with Gasteiger partial charge in [0.25, 0.3) is 0 Å². The van der Waals surface area contributed by atoms with Crippen molar-refractivity contribution in [2.24, 2.45) is 0 Å². The standard InChI is InChI=1S/C9H9NO/c1-2-8-3-5-9(6-4-8)7-10-11/h1,3-6,10-11H,7H2. The van der Waals surface area contributed by atoms with Crippen LogP contribution in [0.15, 0.2) is 24.3 Å². The molecule has 0 aliphatic heterocycles. The van der Waals surface area contributed by atoms with Crippen LogP contribution in [-0.4, -0.2) is 5.21 Å². The van der Waals surface area contributed by atoms with Crippen LogP contribution >= 0.6 is 0 Å². The lowest BCUT2D eigenvalue weighted by Gasteiger charge is -1.97. The highest BCUT2D eigenvalue weighted by atomic mass is 16.5. The first-order valence-corrected chi connectivity index (χ1v) is 3.29. The van der Waals surface area contributed by atoms with Gasteiger partial charge in [-0.1, -0.05) is 18.1 Å². The van der Waals surface area contributed by atoms with Crippen molar-refractivity contribution in [1.29, 1.82) is 0 Å². The SMILES string of the molecule is C#Cc1ccc(CNO)cc1. The Morgan fingerprint density at radius 2 is 2.00 bits per heavy atom. The molecule has 0 fully saturated rings. The van der Waals surface area contributed by atoms with Crippen molar-refractivity contribution in [1.82, 2.24) is 5.48 Å². The largest absolute Gasteiger partial charge is 0.316 e. The molecular weight excluding hydrogens is 138 g/mol. The molecule has 0 aliphatic carbocycles. The van der Waals surface area contributed by atoms with E-state index >= 15 is 0 Å². The topological polar surface area (TPSA) is 32.3 Å². The summed E-state index contributed by atoms with van der Waals surface area (Å²) < 4.78 is 0. The molecule has 11 heavy (non-hydrogen) atoms. The van der Waals surface area contributed by atoms with E-state index in [0.717, 1.165) is 11.1 Å². The smallest absolute Gasteiger partial charge is 0.0458 e. The minimum atomic E-state index is 0.449. The van der Waals surface area contributed by atoms with Crippen molar-refractivity contribution < 1.29 is 5.21 Å². The van der Waals surface area contributed by atoms with E-state index < -0.39 is 0 Å². The maximum absolute atomic E-state index is 8.36. The van der Waals surface area contributed by atoms with Gasteiger partial charge in [0.2, 0.25) is 0 Å². The van der Waals surface area contributed by atoms with Crippen LogP contribution in [0.4, 0.5) is 0 Å². The van der Waals surface area contributed by atoms with Crippen LogP contribution < -0.4 is 5.48 Å². The molecule has 0 aromatic heterocycles. The molecule has 1 rings (SSSR count). The van der Waals surface area contributed by atoms with E-state index in [1.807, 2.05) is 24.3 Å². The van der Waals surface area contributed by atoms with Crippen molar-refractivity contribution in [3.8, 4) is 12.3 Å². The summed E-state index contributed by atoms with van der Waals surface area (Å²) >= 11 is 0. The predicted octanol–water partition coefficient (Wildman–Crippen LogP) is 1.15. The zero-order chi connectivity index (χ0) is 8.10. The van der Waals surface area contributed by atoms with Crippen LogP contribution in [0.25, 0.3) is 0 Å². The highest BCUT2D eigenvalue weighted by Crippen LogP contribution is 2.01. The Morgan fingerprint density at radius 1 is 1.36 bits per heavy atom. The minimum absolute atomic E-state index is 0.449. The van der Waals surface area contributed by atoms with Gasteiger partial charge in [0.1, 0.15) is 0 Å². The Kier molecular flexibility index (Phi) is 2.67. The first-order chi connectivity index (χ1) is 5.36. The van der Waals surface area contributed by atoms with Crippen LogP contribution in [-0.2, 0) is 6.54 Å². The molecule has 2 N–H and O–H groups in total. The van der Waals surface area contributed by atoms with Gasteiger partial charge in [0.05, 0.1) is 0 Å². The van der Waals surface area contributed by atoms with Gasteiger partial charge in [-0.05, 0) is 17.7 Å². The fourth-order valence-electron chi connectivity index (χ4n) is 0.810. The molecule has 0 radical (unpaired) electrons. The molecule has 0 unspecified atom stereocenters. The Balaban J connectivity index is 2.76. The number of hydrogen-bond donors (Lipinski definition) is 2. The molecule has 0 atom stereocenters. The minimum Gasteiger partial charge on any atom is -0.316 e. The summed E-state index contributed by atoms with van der Waals surface area (Å²) in [7, 11) is 0. The summed E-state index contributed by atoms with van der Waals surface area (Å²) in [6, 6.07) is 7.43. The molecule has 0 saturated carbocycles. The van der Waals surface area contributed by atoms with Crippen molar-refractivity contribution >= 4 is 0 Å². The first kappa shape index (κ1) is 7.80. The van der Waals surface area contributed by atoms with Gasteiger partial charge in [-0.3, -0.25) is 0 Å². The van der Waals surface area contributed by atoms with Crippen LogP contribution in [0.5, 0.6) is 0 Å². The lowest BCUT2D eigenvalue weighted by atomic mass is 10.1. The average Bonchev–Trinajstić information content (AvgIpc) is 2.07. The van der Waals surface area contributed by atoms with E-state index in [1.165, 1.54) is 0 Å². The normalized spacial score (nSPS) is 9.09. The Morgan fingerprint density at radius 3 is 2.45 bits per heavy atom. The highest BCUT2D eigenvalue weighted by molar-refractivity contribution is 5.33. The number of terminal acetylenes is 1. The zero-order valence-electron chi connectivity index (χ0n) is 6.04. The van der Waals surface area contributed by atoms with Gasteiger partial charge >= 0.3 is 0 Å². The summed E-state index contributed by atoms with van der Waals surface area (Å²) in [6.07, 6.45) is 5.16. The quantitative estimate of drug-likeness (QED) is 0.485. The van der Waals surface area contributed by atoms with Crippen molar-refractivity contribution in [3.63, 3.8) is 0 Å². The molecule has 2 nitrogen and oxygen atoms in total. The average molecular weight is 147 g/mol. The molecule has 56 valence electrons. The summed E-state index contributed by atoms with van der Waals surface area (Å²) in [5, 5.41) is 8.36. The summed E-state index contributed by atoms with van der Waals surface area (Å²) in [6.45, 7) is 0.449. The number of hydrogen-bond acceptors (Lipinski definition) is 2. The van der Waals surface area contributed by atoms with Gasteiger partial charge in [0.15, 0.2) is 0 Å². The van der Waals surface area contributed by atoms with Gasteiger partial charge in [0, 0.05) is 12.1 Å². The van der Waals surface area contributed by atoms with E-state index in [-0.39, 0.29) is 0 Å². The molecule has 0 saturated heterocycles. The highest BCUT2D eigenvalue weighted by Gasteiger charge is 1.89. The van der Waals surface area contributed by atoms with E-state index in [0.29, 0.717) is 6.54 Å². The van der Waals surface area contributed by atoms with Crippen LogP contribution in [0.3, 0.4) is 0 Å². The van der Waals surface area contributed by atoms with Gasteiger partial charge in [-0.2, -0.15) is 0 Å².